The van der Waals surface area contributed by atoms with Crippen molar-refractivity contribution in [1.82, 2.24) is 5.32 Å². The van der Waals surface area contributed by atoms with Crippen LogP contribution in [0.5, 0.6) is 0 Å². The molecule has 5 rings (SSSR count). The normalized spacial score (nSPS) is 35.5. The third-order valence-corrected chi connectivity index (χ3v) is 7.11. The average Bonchev–Trinajstić information content (AvgIpc) is 2.58. The molecule has 25 heavy (non-hydrogen) atoms. The van der Waals surface area contributed by atoms with Gasteiger partial charge in [-0.3, -0.25) is 10.1 Å². The first-order valence-electron chi connectivity index (χ1n) is 9.61. The Balaban J connectivity index is 1.37. The van der Waals surface area contributed by atoms with Gasteiger partial charge in [-0.1, -0.05) is 0 Å². The molecule has 0 saturated heterocycles. The fourth-order valence-corrected chi connectivity index (χ4v) is 6.15. The minimum absolute atomic E-state index is 0.0610. The first-order valence-corrected chi connectivity index (χ1v) is 9.61. The number of aliphatic hydroxyl groups is 1. The van der Waals surface area contributed by atoms with Gasteiger partial charge in [-0.25, -0.2) is 0 Å². The van der Waals surface area contributed by atoms with Crippen LogP contribution in [-0.2, 0) is 0 Å². The molecule has 4 saturated carbocycles. The number of nitro groups is 1. The first-order chi connectivity index (χ1) is 11.9. The number of nitrogens with one attached hydrogen (secondary N) is 1. The molecule has 1 aromatic rings. The van der Waals surface area contributed by atoms with Crippen molar-refractivity contribution < 1.29 is 10.0 Å². The smallest absolute Gasteiger partial charge is 0.269 e. The lowest BCUT2D eigenvalue weighted by atomic mass is 9.48. The summed E-state index contributed by atoms with van der Waals surface area (Å²) in [5.74, 6) is 2.78. The molecule has 0 heterocycles. The molecule has 4 bridgehead atoms. The lowest BCUT2D eigenvalue weighted by molar-refractivity contribution is -0.384. The highest BCUT2D eigenvalue weighted by molar-refractivity contribution is 5.33. The third-order valence-electron chi connectivity index (χ3n) is 7.11. The van der Waals surface area contributed by atoms with Crippen molar-refractivity contribution in [3.63, 3.8) is 0 Å². The molecule has 4 fully saturated rings. The van der Waals surface area contributed by atoms with Crippen LogP contribution in [0.25, 0.3) is 0 Å². The Morgan fingerprint density at radius 1 is 1.16 bits per heavy atom. The second-order valence-electron chi connectivity index (χ2n) is 8.77. The van der Waals surface area contributed by atoms with Gasteiger partial charge in [-0.2, -0.15) is 0 Å². The molecule has 0 aromatic heterocycles. The number of benzene rings is 1. The van der Waals surface area contributed by atoms with Crippen molar-refractivity contribution in [3.8, 4) is 0 Å². The minimum Gasteiger partial charge on any atom is -0.387 e. The van der Waals surface area contributed by atoms with Crippen molar-refractivity contribution in [2.45, 2.75) is 57.6 Å². The van der Waals surface area contributed by atoms with Crippen LogP contribution in [0.2, 0.25) is 0 Å². The lowest BCUT2D eigenvalue weighted by Crippen LogP contribution is -2.55. The Labute approximate surface area is 149 Å². The molecule has 136 valence electrons. The SMILES string of the molecule is C[C@@H](NC[C@H](O)c1ccc([N+](=O)[O-])cc1)C12CC3CC(CC(C3)C1)C2. The van der Waals surface area contributed by atoms with E-state index in [1.54, 1.807) is 12.1 Å². The Bertz CT molecular complexity index is 608. The van der Waals surface area contributed by atoms with Crippen molar-refractivity contribution >= 4 is 5.69 Å². The van der Waals surface area contributed by atoms with E-state index in [0.29, 0.717) is 18.0 Å². The summed E-state index contributed by atoms with van der Waals surface area (Å²) < 4.78 is 0. The molecule has 0 radical (unpaired) electrons. The van der Waals surface area contributed by atoms with Crippen LogP contribution in [0.15, 0.2) is 24.3 Å². The van der Waals surface area contributed by atoms with Crippen LogP contribution in [0.3, 0.4) is 0 Å². The fourth-order valence-electron chi connectivity index (χ4n) is 6.15. The Kier molecular flexibility index (Phi) is 4.32. The highest BCUT2D eigenvalue weighted by atomic mass is 16.6. The van der Waals surface area contributed by atoms with Gasteiger partial charge >= 0.3 is 0 Å². The maximum absolute atomic E-state index is 10.7. The second-order valence-corrected chi connectivity index (χ2v) is 8.77. The molecule has 5 nitrogen and oxygen atoms in total. The zero-order chi connectivity index (χ0) is 17.6. The number of hydrogen-bond donors (Lipinski definition) is 2. The van der Waals surface area contributed by atoms with Gasteiger partial charge < -0.3 is 10.4 Å². The molecule has 0 amide bonds. The van der Waals surface area contributed by atoms with E-state index in [0.717, 1.165) is 23.3 Å². The van der Waals surface area contributed by atoms with Gasteiger partial charge in [0.15, 0.2) is 0 Å². The second kappa shape index (κ2) is 6.36. The van der Waals surface area contributed by atoms with Crippen LogP contribution < -0.4 is 5.32 Å². The zero-order valence-corrected chi connectivity index (χ0v) is 14.9. The number of non-ortho nitro benzene ring substituents is 1. The summed E-state index contributed by atoms with van der Waals surface area (Å²) in [6.07, 6.45) is 7.74. The molecular formula is C20H28N2O3. The van der Waals surface area contributed by atoms with E-state index >= 15 is 0 Å². The Hall–Kier alpha value is -1.46. The summed E-state index contributed by atoms with van der Waals surface area (Å²) >= 11 is 0. The van der Waals surface area contributed by atoms with Gasteiger partial charge in [0.2, 0.25) is 0 Å². The minimum atomic E-state index is -0.628. The molecule has 4 aliphatic carbocycles. The van der Waals surface area contributed by atoms with Crippen LogP contribution in [0.4, 0.5) is 5.69 Å². The van der Waals surface area contributed by atoms with Gasteiger partial charge in [0.05, 0.1) is 11.0 Å². The van der Waals surface area contributed by atoms with E-state index in [1.807, 2.05) is 0 Å². The number of rotatable bonds is 6. The molecule has 2 N–H and O–H groups in total. The number of nitro benzene ring substituents is 1. The number of aliphatic hydroxyl groups excluding tert-OH is 1. The maximum atomic E-state index is 10.7. The molecule has 0 aliphatic heterocycles. The quantitative estimate of drug-likeness (QED) is 0.607. The zero-order valence-electron chi connectivity index (χ0n) is 14.9. The van der Waals surface area contributed by atoms with Crippen LogP contribution in [0, 0.1) is 33.3 Å². The third kappa shape index (κ3) is 3.20. The van der Waals surface area contributed by atoms with Crippen molar-refractivity contribution in [1.29, 1.82) is 0 Å². The Morgan fingerprint density at radius 2 is 1.68 bits per heavy atom. The highest BCUT2D eigenvalue weighted by Crippen LogP contribution is 2.61. The van der Waals surface area contributed by atoms with E-state index in [-0.39, 0.29) is 5.69 Å². The number of hydrogen-bond acceptors (Lipinski definition) is 4. The molecule has 5 heteroatoms. The predicted octanol–water partition coefficient (Wildman–Crippen LogP) is 3.82. The highest BCUT2D eigenvalue weighted by Gasteiger charge is 2.52. The largest absolute Gasteiger partial charge is 0.387 e. The van der Waals surface area contributed by atoms with E-state index < -0.39 is 11.0 Å². The molecular weight excluding hydrogens is 316 g/mol. The average molecular weight is 344 g/mol. The van der Waals surface area contributed by atoms with Crippen molar-refractivity contribution in [3.05, 3.63) is 39.9 Å². The standard InChI is InChI=1S/C20H28N2O3/c1-13(20-9-14-6-15(10-20)8-16(7-14)11-20)21-12-19(23)17-2-4-18(5-3-17)22(24)25/h2-5,13-16,19,21,23H,6-12H2,1H3/t13-,14?,15?,16?,19+,20?/m1/s1. The maximum Gasteiger partial charge on any atom is 0.269 e. The molecule has 0 unspecified atom stereocenters. The Morgan fingerprint density at radius 3 is 2.16 bits per heavy atom. The van der Waals surface area contributed by atoms with Gasteiger partial charge in [0.1, 0.15) is 0 Å². The number of nitrogens with zero attached hydrogens (tertiary/aromatic N) is 1. The van der Waals surface area contributed by atoms with Crippen LogP contribution >= 0.6 is 0 Å². The van der Waals surface area contributed by atoms with Crippen molar-refractivity contribution in [2.75, 3.05) is 6.54 Å². The predicted molar refractivity (Wildman–Crippen MR) is 96.1 cm³/mol. The van der Waals surface area contributed by atoms with E-state index in [2.05, 4.69) is 12.2 Å². The van der Waals surface area contributed by atoms with Crippen LogP contribution in [0.1, 0.15) is 57.1 Å². The van der Waals surface area contributed by atoms with Crippen LogP contribution in [-0.4, -0.2) is 22.6 Å². The van der Waals surface area contributed by atoms with E-state index in [1.165, 1.54) is 50.7 Å². The van der Waals surface area contributed by atoms with E-state index in [4.69, 9.17) is 0 Å². The summed E-state index contributed by atoms with van der Waals surface area (Å²) in [7, 11) is 0. The first kappa shape index (κ1) is 17.0. The summed E-state index contributed by atoms with van der Waals surface area (Å²) in [5, 5.41) is 24.8. The summed E-state index contributed by atoms with van der Waals surface area (Å²) in [4.78, 5) is 10.3. The van der Waals surface area contributed by atoms with Gasteiger partial charge in [-0.05, 0) is 86.3 Å². The monoisotopic (exact) mass is 344 g/mol. The summed E-state index contributed by atoms with van der Waals surface area (Å²) in [5.41, 5.74) is 1.21. The lowest BCUT2D eigenvalue weighted by Gasteiger charge is -2.59. The fraction of sp³-hybridized carbons (Fsp3) is 0.700. The van der Waals surface area contributed by atoms with Gasteiger partial charge in [0, 0.05) is 24.7 Å². The molecule has 2 atom stereocenters. The molecule has 4 aliphatic rings. The molecule has 1 aromatic carbocycles. The van der Waals surface area contributed by atoms with E-state index in [9.17, 15) is 15.2 Å². The summed E-state index contributed by atoms with van der Waals surface area (Å²) in [6, 6.07) is 6.63. The van der Waals surface area contributed by atoms with Crippen molar-refractivity contribution in [2.24, 2.45) is 23.2 Å². The topological polar surface area (TPSA) is 75.4 Å². The summed E-state index contributed by atoms with van der Waals surface area (Å²) in [6.45, 7) is 2.79. The molecule has 0 spiro atoms. The van der Waals surface area contributed by atoms with Gasteiger partial charge in [-0.15, -0.1) is 0 Å². The van der Waals surface area contributed by atoms with Gasteiger partial charge in [0.25, 0.3) is 5.69 Å².